The molecule has 3 nitrogen and oxygen atoms in total. The largest absolute Gasteiger partial charge is 0.683 e. The molecule has 0 bridgehead atoms. The summed E-state index contributed by atoms with van der Waals surface area (Å²) in [6, 6.07) is 11.4. The molecular weight excluding hydrogens is 442 g/mol. The Kier molecular flexibility index (Phi) is 9.35. The normalized spacial score (nSPS) is 16.6. The van der Waals surface area contributed by atoms with Gasteiger partial charge in [-0.3, -0.25) is 4.79 Å². The third-order valence-electron chi connectivity index (χ3n) is 2.55. The SMILES string of the molecule is CC(=O)/C=C(/C)O.CC1=CC=C[N-]C1c1[c-]cccc1.[Ir]. The minimum Gasteiger partial charge on any atom is -0.683 e. The van der Waals surface area contributed by atoms with Crippen molar-refractivity contribution in [2.24, 2.45) is 0 Å². The summed E-state index contributed by atoms with van der Waals surface area (Å²) in [5.74, 6) is -0.0625. The number of carbonyl (C=O) groups excluding carboxylic acids is 1. The van der Waals surface area contributed by atoms with E-state index >= 15 is 0 Å². The number of hydrogen-bond acceptors (Lipinski definition) is 2. The van der Waals surface area contributed by atoms with Crippen molar-refractivity contribution < 1.29 is 30.0 Å². The van der Waals surface area contributed by atoms with Gasteiger partial charge in [-0.1, -0.05) is 23.8 Å². The van der Waals surface area contributed by atoms with Crippen LogP contribution in [0.25, 0.3) is 5.32 Å². The zero-order chi connectivity index (χ0) is 15.0. The molecule has 1 unspecified atom stereocenters. The number of allylic oxidation sites excluding steroid dienone is 4. The predicted octanol–water partition coefficient (Wildman–Crippen LogP) is 4.41. The fraction of sp³-hybridized carbons (Fsp3) is 0.235. The van der Waals surface area contributed by atoms with Gasteiger partial charge in [-0.2, -0.15) is 42.1 Å². The number of hydrogen-bond donors (Lipinski definition) is 1. The number of aliphatic hydroxyl groups excluding tert-OH is 1. The van der Waals surface area contributed by atoms with Crippen LogP contribution in [-0.2, 0) is 24.9 Å². The second kappa shape index (κ2) is 10.1. The van der Waals surface area contributed by atoms with Gasteiger partial charge >= 0.3 is 0 Å². The van der Waals surface area contributed by atoms with Crippen molar-refractivity contribution >= 4 is 5.78 Å². The molecule has 0 fully saturated rings. The zero-order valence-electron chi connectivity index (χ0n) is 12.3. The van der Waals surface area contributed by atoms with E-state index in [0.717, 1.165) is 5.56 Å². The van der Waals surface area contributed by atoms with Crippen LogP contribution in [0.5, 0.6) is 0 Å². The molecular formula is C17H19IrNO2-2. The molecule has 1 aliphatic heterocycles. The van der Waals surface area contributed by atoms with Gasteiger partial charge in [-0.25, -0.2) is 0 Å². The number of carbonyl (C=O) groups is 1. The molecule has 2 rings (SSSR count). The third kappa shape index (κ3) is 7.64. The van der Waals surface area contributed by atoms with Crippen molar-refractivity contribution in [1.29, 1.82) is 0 Å². The summed E-state index contributed by atoms with van der Waals surface area (Å²) in [4.78, 5) is 10.0. The quantitative estimate of drug-likeness (QED) is 0.403. The molecule has 0 spiro atoms. The first kappa shape index (κ1) is 19.4. The summed E-state index contributed by atoms with van der Waals surface area (Å²) >= 11 is 0. The Bertz CT molecular complexity index is 529. The first-order chi connectivity index (χ1) is 9.50. The Balaban J connectivity index is 0.000000436. The zero-order valence-corrected chi connectivity index (χ0v) is 14.7. The summed E-state index contributed by atoms with van der Waals surface area (Å²) in [5, 5.41) is 12.8. The first-order valence-corrected chi connectivity index (χ1v) is 6.38. The third-order valence-corrected chi connectivity index (χ3v) is 2.55. The fourth-order valence-electron chi connectivity index (χ4n) is 1.74. The van der Waals surface area contributed by atoms with Crippen molar-refractivity contribution in [3.8, 4) is 0 Å². The van der Waals surface area contributed by atoms with Gasteiger partial charge in [0.1, 0.15) is 0 Å². The molecule has 1 atom stereocenters. The van der Waals surface area contributed by atoms with Crippen molar-refractivity contribution in [1.82, 2.24) is 0 Å². The Hall–Kier alpha value is -1.64. The molecule has 1 heterocycles. The van der Waals surface area contributed by atoms with Crippen LogP contribution in [0, 0.1) is 6.07 Å². The van der Waals surface area contributed by atoms with Crippen molar-refractivity contribution in [2.45, 2.75) is 26.8 Å². The van der Waals surface area contributed by atoms with Crippen LogP contribution in [0.2, 0.25) is 0 Å². The second-order valence-corrected chi connectivity index (χ2v) is 4.52. The van der Waals surface area contributed by atoms with Gasteiger partial charge in [-0.05, 0) is 20.8 Å². The molecule has 0 aromatic heterocycles. The summed E-state index contributed by atoms with van der Waals surface area (Å²) in [7, 11) is 0. The van der Waals surface area contributed by atoms with Crippen LogP contribution < -0.4 is 0 Å². The molecule has 4 heteroatoms. The van der Waals surface area contributed by atoms with Gasteiger partial charge in [0, 0.05) is 26.2 Å². The van der Waals surface area contributed by atoms with Crippen LogP contribution in [0.15, 0.2) is 60.0 Å². The molecule has 0 amide bonds. The molecule has 1 aromatic carbocycles. The molecule has 0 aliphatic carbocycles. The Morgan fingerprint density at radius 1 is 1.38 bits per heavy atom. The van der Waals surface area contributed by atoms with E-state index in [1.165, 1.54) is 25.5 Å². The Morgan fingerprint density at radius 2 is 2.10 bits per heavy atom. The molecule has 1 aliphatic rings. The van der Waals surface area contributed by atoms with Gasteiger partial charge < -0.3 is 10.4 Å². The summed E-state index contributed by atoms with van der Waals surface area (Å²) < 4.78 is 0. The summed E-state index contributed by atoms with van der Waals surface area (Å²) in [6.45, 7) is 4.94. The maximum Gasteiger partial charge on any atom is 0.155 e. The minimum atomic E-state index is -0.125. The molecule has 21 heavy (non-hydrogen) atoms. The standard InChI is InChI=1S/C12H11N.C5H8O2.Ir/c1-10-6-5-9-13-12(10)11-7-3-2-4-8-11;1-4(6)3-5(2)7;/h2-7,9,12H,1H3;3,6H,1-2H3;/q-2;;/b;4-3-;. The van der Waals surface area contributed by atoms with Gasteiger partial charge in [0.15, 0.2) is 5.78 Å². The van der Waals surface area contributed by atoms with Crippen molar-refractivity contribution in [3.63, 3.8) is 0 Å². The molecule has 115 valence electrons. The minimum absolute atomic E-state index is 0. The van der Waals surface area contributed by atoms with Crippen LogP contribution in [0.1, 0.15) is 32.4 Å². The maximum atomic E-state index is 10.0. The number of aliphatic hydroxyl groups is 1. The van der Waals surface area contributed by atoms with Gasteiger partial charge in [0.05, 0.1) is 5.76 Å². The van der Waals surface area contributed by atoms with E-state index in [-0.39, 0.29) is 37.7 Å². The Morgan fingerprint density at radius 3 is 2.52 bits per heavy atom. The van der Waals surface area contributed by atoms with Crippen LogP contribution in [0.3, 0.4) is 0 Å². The van der Waals surface area contributed by atoms with Crippen molar-refractivity contribution in [2.75, 3.05) is 0 Å². The number of rotatable bonds is 2. The maximum absolute atomic E-state index is 10.0. The first-order valence-electron chi connectivity index (χ1n) is 6.38. The monoisotopic (exact) mass is 462 g/mol. The fourth-order valence-corrected chi connectivity index (χ4v) is 1.74. The molecule has 0 saturated carbocycles. The molecule has 1 N–H and O–H groups in total. The Labute approximate surface area is 139 Å². The number of ketones is 1. The number of nitrogens with zero attached hydrogens (tertiary/aromatic N) is 1. The van der Waals surface area contributed by atoms with Gasteiger partial charge in [0.2, 0.25) is 0 Å². The molecule has 1 aromatic rings. The topological polar surface area (TPSA) is 51.4 Å². The smallest absolute Gasteiger partial charge is 0.155 e. The predicted molar refractivity (Wildman–Crippen MR) is 81.3 cm³/mol. The van der Waals surface area contributed by atoms with Crippen LogP contribution >= 0.6 is 0 Å². The van der Waals surface area contributed by atoms with Crippen molar-refractivity contribution in [3.05, 3.63) is 77.0 Å². The van der Waals surface area contributed by atoms with E-state index in [4.69, 9.17) is 5.11 Å². The van der Waals surface area contributed by atoms with E-state index in [2.05, 4.69) is 30.4 Å². The van der Waals surface area contributed by atoms with Gasteiger partial charge in [-0.15, -0.1) is 0 Å². The van der Waals surface area contributed by atoms with Crippen LogP contribution in [-0.4, -0.2) is 10.9 Å². The average Bonchev–Trinajstić information content (AvgIpc) is 2.39. The second-order valence-electron chi connectivity index (χ2n) is 4.52. The van der Waals surface area contributed by atoms with Crippen LogP contribution in [0.4, 0.5) is 0 Å². The molecule has 1 radical (unpaired) electrons. The van der Waals surface area contributed by atoms with E-state index in [9.17, 15) is 4.79 Å². The van der Waals surface area contributed by atoms with E-state index in [1.54, 1.807) is 0 Å². The van der Waals surface area contributed by atoms with E-state index in [1.807, 2.05) is 30.5 Å². The van der Waals surface area contributed by atoms with Gasteiger partial charge in [0.25, 0.3) is 0 Å². The average molecular weight is 462 g/mol. The molecule has 0 saturated heterocycles. The number of benzene rings is 1. The van der Waals surface area contributed by atoms with E-state index in [0.29, 0.717) is 0 Å². The summed E-state index contributed by atoms with van der Waals surface area (Å²) in [6.07, 6.45) is 7.08. The summed E-state index contributed by atoms with van der Waals surface area (Å²) in [5.41, 5.74) is 2.41. The van der Waals surface area contributed by atoms with E-state index < -0.39 is 0 Å².